The lowest BCUT2D eigenvalue weighted by atomic mass is 9.54. The molecule has 0 radical (unpaired) electrons. The zero-order valence-corrected chi connectivity index (χ0v) is 16.6. The molecule has 1 aromatic carbocycles. The molecule has 142 valence electrons. The second kappa shape index (κ2) is 8.39. The average molecular weight is 371 g/mol. The number of rotatable bonds is 7. The third kappa shape index (κ3) is 4.46. The molecule has 1 amide bonds. The Hall–Kier alpha value is -1.30. The van der Waals surface area contributed by atoms with Crippen LogP contribution in [0.1, 0.15) is 46.6 Å². The van der Waals surface area contributed by atoms with Crippen molar-refractivity contribution in [2.45, 2.75) is 65.3 Å². The average Bonchev–Trinajstić information content (AvgIpc) is 2.53. The fraction of sp³-hybridized carbons (Fsp3) is 0.632. The largest absolute Gasteiger partial charge is 0.491 e. The molecule has 1 aliphatic rings. The van der Waals surface area contributed by atoms with Gasteiger partial charge in [-0.1, -0.05) is 26.0 Å². The standard InChI is InChI=1S/C19H30N2O3.ClH/c1-6-23-16-11-19(20,18(16,4)5)17(22)21-12-14-7-9-15(10-8-14)24-13(2)3;/h7-10,13,16H,6,11-12,20H2,1-5H3,(H,21,22);1H. The van der Waals surface area contributed by atoms with E-state index >= 15 is 0 Å². The molecule has 2 rings (SSSR count). The van der Waals surface area contributed by atoms with Gasteiger partial charge in [0.1, 0.15) is 11.3 Å². The van der Waals surface area contributed by atoms with E-state index in [1.54, 1.807) is 0 Å². The maximum Gasteiger partial charge on any atom is 0.241 e. The van der Waals surface area contributed by atoms with Crippen molar-refractivity contribution in [2.24, 2.45) is 11.1 Å². The van der Waals surface area contributed by atoms with Gasteiger partial charge in [0.25, 0.3) is 0 Å². The molecule has 25 heavy (non-hydrogen) atoms. The van der Waals surface area contributed by atoms with Gasteiger partial charge in [-0.2, -0.15) is 0 Å². The molecule has 3 N–H and O–H groups in total. The van der Waals surface area contributed by atoms with Crippen LogP contribution in [0, 0.1) is 5.41 Å². The van der Waals surface area contributed by atoms with E-state index in [4.69, 9.17) is 15.2 Å². The van der Waals surface area contributed by atoms with E-state index in [0.29, 0.717) is 19.6 Å². The van der Waals surface area contributed by atoms with Crippen molar-refractivity contribution >= 4 is 18.3 Å². The minimum Gasteiger partial charge on any atom is -0.491 e. The second-order valence-corrected chi connectivity index (χ2v) is 7.33. The first-order chi connectivity index (χ1) is 11.2. The van der Waals surface area contributed by atoms with Gasteiger partial charge in [0.2, 0.25) is 5.91 Å². The Labute approximate surface area is 157 Å². The van der Waals surface area contributed by atoms with Crippen LogP contribution in [-0.2, 0) is 16.1 Å². The van der Waals surface area contributed by atoms with Crippen LogP contribution in [0.5, 0.6) is 5.75 Å². The lowest BCUT2D eigenvalue weighted by Crippen LogP contribution is -2.75. The summed E-state index contributed by atoms with van der Waals surface area (Å²) in [4.78, 5) is 12.6. The van der Waals surface area contributed by atoms with Gasteiger partial charge in [-0.05, 0) is 38.5 Å². The molecule has 0 aromatic heterocycles. The quantitative estimate of drug-likeness (QED) is 0.773. The number of nitrogens with one attached hydrogen (secondary N) is 1. The van der Waals surface area contributed by atoms with Crippen LogP contribution in [0.4, 0.5) is 0 Å². The van der Waals surface area contributed by atoms with E-state index in [1.807, 2.05) is 58.9 Å². The molecule has 0 aliphatic heterocycles. The number of amides is 1. The molecule has 5 nitrogen and oxygen atoms in total. The zero-order valence-electron chi connectivity index (χ0n) is 15.8. The van der Waals surface area contributed by atoms with E-state index in [1.165, 1.54) is 0 Å². The van der Waals surface area contributed by atoms with Crippen LogP contribution in [0.3, 0.4) is 0 Å². The highest BCUT2D eigenvalue weighted by Gasteiger charge is 2.62. The predicted octanol–water partition coefficient (Wildman–Crippen LogP) is 3.04. The van der Waals surface area contributed by atoms with Crippen molar-refractivity contribution in [2.75, 3.05) is 6.61 Å². The summed E-state index contributed by atoms with van der Waals surface area (Å²) in [6, 6.07) is 7.74. The molecule has 1 fully saturated rings. The van der Waals surface area contributed by atoms with Crippen molar-refractivity contribution in [3.05, 3.63) is 29.8 Å². The predicted molar refractivity (Wildman–Crippen MR) is 102 cm³/mol. The van der Waals surface area contributed by atoms with Crippen LogP contribution in [0.2, 0.25) is 0 Å². The summed E-state index contributed by atoms with van der Waals surface area (Å²) in [5.41, 5.74) is 6.14. The van der Waals surface area contributed by atoms with Crippen LogP contribution in [0.25, 0.3) is 0 Å². The summed E-state index contributed by atoms with van der Waals surface area (Å²) < 4.78 is 11.3. The zero-order chi connectivity index (χ0) is 18.0. The Morgan fingerprint density at radius 2 is 1.92 bits per heavy atom. The van der Waals surface area contributed by atoms with Gasteiger partial charge in [-0.15, -0.1) is 12.4 Å². The summed E-state index contributed by atoms with van der Waals surface area (Å²) in [5.74, 6) is 0.709. The topological polar surface area (TPSA) is 73.6 Å². The van der Waals surface area contributed by atoms with Gasteiger partial charge in [0.15, 0.2) is 0 Å². The number of hydrogen-bond donors (Lipinski definition) is 2. The Bertz CT molecular complexity index is 575. The molecule has 6 heteroatoms. The SMILES string of the molecule is CCOC1CC(N)(C(=O)NCc2ccc(OC(C)C)cc2)C1(C)C.Cl. The summed E-state index contributed by atoms with van der Waals surface area (Å²) in [6.07, 6.45) is 0.735. The van der Waals surface area contributed by atoms with E-state index in [-0.39, 0.29) is 35.9 Å². The summed E-state index contributed by atoms with van der Waals surface area (Å²) in [5, 5.41) is 2.96. The van der Waals surface area contributed by atoms with Crippen LogP contribution in [0.15, 0.2) is 24.3 Å². The first-order valence-electron chi connectivity index (χ1n) is 8.65. The number of hydrogen-bond acceptors (Lipinski definition) is 4. The molecule has 1 aliphatic carbocycles. The van der Waals surface area contributed by atoms with Gasteiger partial charge in [-0.25, -0.2) is 0 Å². The second-order valence-electron chi connectivity index (χ2n) is 7.33. The lowest BCUT2D eigenvalue weighted by molar-refractivity contribution is -0.170. The highest BCUT2D eigenvalue weighted by atomic mass is 35.5. The van der Waals surface area contributed by atoms with Gasteiger partial charge in [0.05, 0.1) is 12.2 Å². The van der Waals surface area contributed by atoms with Crippen molar-refractivity contribution in [3.8, 4) is 5.75 Å². The monoisotopic (exact) mass is 370 g/mol. The maximum atomic E-state index is 12.6. The molecule has 2 atom stereocenters. The first kappa shape index (κ1) is 21.7. The van der Waals surface area contributed by atoms with Crippen molar-refractivity contribution in [3.63, 3.8) is 0 Å². The number of carbonyl (C=O) groups excluding carboxylic acids is 1. The van der Waals surface area contributed by atoms with Crippen molar-refractivity contribution < 1.29 is 14.3 Å². The third-order valence-electron chi connectivity index (χ3n) is 4.98. The fourth-order valence-electron chi connectivity index (χ4n) is 3.12. The van der Waals surface area contributed by atoms with Gasteiger partial charge < -0.3 is 20.5 Å². The van der Waals surface area contributed by atoms with Gasteiger partial charge in [-0.3, -0.25) is 4.79 Å². The molecular formula is C19H31ClN2O3. The molecule has 2 unspecified atom stereocenters. The normalized spacial score (nSPS) is 24.2. The summed E-state index contributed by atoms with van der Waals surface area (Å²) in [6.45, 7) is 11.0. The van der Waals surface area contributed by atoms with E-state index in [9.17, 15) is 4.79 Å². The number of halogens is 1. The molecule has 1 aromatic rings. The summed E-state index contributed by atoms with van der Waals surface area (Å²) >= 11 is 0. The number of ether oxygens (including phenoxy) is 2. The Balaban J connectivity index is 0.00000312. The maximum absolute atomic E-state index is 12.6. The highest BCUT2D eigenvalue weighted by molar-refractivity contribution is 5.88. The van der Waals surface area contributed by atoms with E-state index < -0.39 is 5.54 Å². The molecule has 1 saturated carbocycles. The number of carbonyl (C=O) groups is 1. The van der Waals surface area contributed by atoms with Gasteiger partial charge in [0, 0.05) is 25.0 Å². The van der Waals surface area contributed by atoms with Crippen molar-refractivity contribution in [1.82, 2.24) is 5.32 Å². The number of benzene rings is 1. The van der Waals surface area contributed by atoms with Crippen LogP contribution >= 0.6 is 12.4 Å². The van der Waals surface area contributed by atoms with E-state index in [2.05, 4.69) is 5.32 Å². The number of nitrogens with two attached hydrogens (primary N) is 1. The molecule has 0 spiro atoms. The molecule has 0 heterocycles. The lowest BCUT2D eigenvalue weighted by Gasteiger charge is -2.57. The minimum absolute atomic E-state index is 0. The smallest absolute Gasteiger partial charge is 0.241 e. The molecule has 0 bridgehead atoms. The van der Waals surface area contributed by atoms with Crippen LogP contribution in [-0.4, -0.2) is 30.3 Å². The Kier molecular flexibility index (Phi) is 7.29. The minimum atomic E-state index is -0.881. The van der Waals surface area contributed by atoms with Gasteiger partial charge >= 0.3 is 0 Å². The Morgan fingerprint density at radius 1 is 1.32 bits per heavy atom. The van der Waals surface area contributed by atoms with E-state index in [0.717, 1.165) is 11.3 Å². The summed E-state index contributed by atoms with van der Waals surface area (Å²) in [7, 11) is 0. The first-order valence-corrected chi connectivity index (χ1v) is 8.65. The third-order valence-corrected chi connectivity index (χ3v) is 4.98. The van der Waals surface area contributed by atoms with Crippen LogP contribution < -0.4 is 15.8 Å². The molecular weight excluding hydrogens is 340 g/mol. The fourth-order valence-corrected chi connectivity index (χ4v) is 3.12. The molecule has 0 saturated heterocycles. The van der Waals surface area contributed by atoms with Crippen molar-refractivity contribution in [1.29, 1.82) is 0 Å². The highest BCUT2D eigenvalue weighted by Crippen LogP contribution is 2.49. The Morgan fingerprint density at radius 3 is 2.40 bits per heavy atom.